The van der Waals surface area contributed by atoms with Crippen LogP contribution in [0.4, 0.5) is 0 Å². The van der Waals surface area contributed by atoms with Gasteiger partial charge < -0.3 is 14.9 Å². The third-order valence-corrected chi connectivity index (χ3v) is 5.02. The Labute approximate surface area is 151 Å². The Hall–Kier alpha value is -2.69. The van der Waals surface area contributed by atoms with E-state index in [1.165, 1.54) is 5.39 Å². The molecule has 0 spiro atoms. The zero-order valence-corrected chi connectivity index (χ0v) is 14.3. The lowest BCUT2D eigenvalue weighted by Crippen LogP contribution is -2.15. The van der Waals surface area contributed by atoms with Crippen molar-refractivity contribution in [3.05, 3.63) is 60.2 Å². The highest BCUT2D eigenvalue weighted by Crippen LogP contribution is 2.38. The largest absolute Gasteiger partial charge is 0.481 e. The molecule has 4 rings (SSSR count). The number of aliphatic hydroxyl groups is 1. The van der Waals surface area contributed by atoms with Gasteiger partial charge in [-0.2, -0.15) is 0 Å². The number of carboxylic acid groups (broad SMARTS) is 1. The minimum Gasteiger partial charge on any atom is -0.481 e. The third kappa shape index (κ3) is 2.77. The molecule has 4 nitrogen and oxygen atoms in total. The van der Waals surface area contributed by atoms with Crippen molar-refractivity contribution in [2.45, 2.75) is 12.3 Å². The topological polar surface area (TPSA) is 66.8 Å². The summed E-state index contributed by atoms with van der Waals surface area (Å²) in [5.74, 6) is -1.49. The summed E-state index contributed by atoms with van der Waals surface area (Å²) in [6.45, 7) is 0.473. The lowest BCUT2D eigenvalue weighted by atomic mass is 9.86. The van der Waals surface area contributed by atoms with Gasteiger partial charge in [0.1, 0.15) is 0 Å². The maximum atomic E-state index is 11.9. The molecule has 4 heteroatoms. The molecule has 0 aliphatic carbocycles. The molecular formula is C22H20O4. The minimum atomic E-state index is -0.854. The van der Waals surface area contributed by atoms with Crippen molar-refractivity contribution in [2.24, 2.45) is 0 Å². The number of carbonyl (C=O) groups is 1. The summed E-state index contributed by atoms with van der Waals surface area (Å²) in [5.41, 5.74) is 0.816. The van der Waals surface area contributed by atoms with Crippen LogP contribution in [0.2, 0.25) is 0 Å². The Balaban J connectivity index is 1.87. The fourth-order valence-electron chi connectivity index (χ4n) is 3.84. The molecule has 2 N–H and O–H groups in total. The Morgan fingerprint density at radius 2 is 1.54 bits per heavy atom. The van der Waals surface area contributed by atoms with Crippen molar-refractivity contribution in [1.82, 2.24) is 0 Å². The summed E-state index contributed by atoms with van der Waals surface area (Å²) in [7, 11) is 0. The van der Waals surface area contributed by atoms with E-state index in [1.54, 1.807) is 0 Å². The van der Waals surface area contributed by atoms with Gasteiger partial charge >= 0.3 is 5.97 Å². The zero-order valence-electron chi connectivity index (χ0n) is 14.3. The Bertz CT molecular complexity index is 1050. The van der Waals surface area contributed by atoms with Crippen LogP contribution in [0.25, 0.3) is 32.3 Å². The second kappa shape index (κ2) is 6.90. The molecule has 1 atom stereocenters. The van der Waals surface area contributed by atoms with E-state index in [9.17, 15) is 9.90 Å². The standard InChI is InChI=1S/C22H20O4/c23-11-13-26-12-10-19(22(24)25)17-8-6-16-5-4-14-2-1-3-15-7-9-18(17)21(16)20(14)15/h1-9,19,23H,10-13H2,(H,24,25). The summed E-state index contributed by atoms with van der Waals surface area (Å²) in [5, 5.41) is 25.3. The van der Waals surface area contributed by atoms with Gasteiger partial charge in [-0.05, 0) is 44.3 Å². The number of rotatable bonds is 7. The van der Waals surface area contributed by atoms with Gasteiger partial charge in [0.2, 0.25) is 0 Å². The number of aliphatic hydroxyl groups excluding tert-OH is 1. The summed E-state index contributed by atoms with van der Waals surface area (Å²) < 4.78 is 5.30. The van der Waals surface area contributed by atoms with Crippen molar-refractivity contribution in [3.63, 3.8) is 0 Å². The predicted octanol–water partition coefficient (Wildman–Crippen LogP) is 4.15. The van der Waals surface area contributed by atoms with Gasteiger partial charge in [-0.3, -0.25) is 4.79 Å². The minimum absolute atomic E-state index is 0.0591. The first-order valence-electron chi connectivity index (χ1n) is 8.78. The quantitative estimate of drug-likeness (QED) is 0.389. The van der Waals surface area contributed by atoms with E-state index in [2.05, 4.69) is 30.3 Å². The van der Waals surface area contributed by atoms with Crippen LogP contribution in [-0.4, -0.2) is 36.0 Å². The molecule has 0 heterocycles. The molecule has 4 aromatic carbocycles. The molecular weight excluding hydrogens is 328 g/mol. The second-order valence-electron chi connectivity index (χ2n) is 6.53. The van der Waals surface area contributed by atoms with Crippen LogP contribution in [0.3, 0.4) is 0 Å². The van der Waals surface area contributed by atoms with E-state index >= 15 is 0 Å². The highest BCUT2D eigenvalue weighted by Gasteiger charge is 2.23. The molecule has 0 radical (unpaired) electrons. The van der Waals surface area contributed by atoms with E-state index in [-0.39, 0.29) is 13.2 Å². The van der Waals surface area contributed by atoms with Crippen molar-refractivity contribution in [3.8, 4) is 0 Å². The smallest absolute Gasteiger partial charge is 0.311 e. The van der Waals surface area contributed by atoms with Gasteiger partial charge in [0.15, 0.2) is 0 Å². The van der Waals surface area contributed by atoms with Crippen LogP contribution in [0.5, 0.6) is 0 Å². The summed E-state index contributed by atoms with van der Waals surface area (Å²) >= 11 is 0. The lowest BCUT2D eigenvalue weighted by Gasteiger charge is -2.18. The third-order valence-electron chi connectivity index (χ3n) is 5.02. The van der Waals surface area contributed by atoms with Gasteiger partial charge in [0, 0.05) is 6.61 Å². The first-order valence-corrected chi connectivity index (χ1v) is 8.78. The molecule has 0 saturated heterocycles. The van der Waals surface area contributed by atoms with Gasteiger partial charge in [0.25, 0.3) is 0 Å². The highest BCUT2D eigenvalue weighted by molar-refractivity contribution is 6.23. The van der Waals surface area contributed by atoms with Gasteiger partial charge in [-0.1, -0.05) is 54.6 Å². The fraction of sp³-hybridized carbons (Fsp3) is 0.227. The van der Waals surface area contributed by atoms with E-state index in [0.717, 1.165) is 32.5 Å². The molecule has 0 aliphatic heterocycles. The molecule has 0 amide bonds. The van der Waals surface area contributed by atoms with Crippen molar-refractivity contribution >= 4 is 38.3 Å². The van der Waals surface area contributed by atoms with Crippen molar-refractivity contribution in [1.29, 1.82) is 0 Å². The number of aliphatic carboxylic acids is 1. The fourth-order valence-corrected chi connectivity index (χ4v) is 3.84. The number of ether oxygens (including phenoxy) is 1. The molecule has 0 bridgehead atoms. The van der Waals surface area contributed by atoms with Crippen molar-refractivity contribution < 1.29 is 19.7 Å². The van der Waals surface area contributed by atoms with Crippen LogP contribution in [-0.2, 0) is 9.53 Å². The zero-order chi connectivity index (χ0) is 18.1. The molecule has 0 aromatic heterocycles. The second-order valence-corrected chi connectivity index (χ2v) is 6.53. The number of benzene rings is 4. The average Bonchev–Trinajstić information content (AvgIpc) is 2.66. The normalized spacial score (nSPS) is 13.0. The highest BCUT2D eigenvalue weighted by atomic mass is 16.5. The van der Waals surface area contributed by atoms with E-state index in [0.29, 0.717) is 13.0 Å². The Kier molecular flexibility index (Phi) is 4.45. The summed E-state index contributed by atoms with van der Waals surface area (Å²) in [4.78, 5) is 11.9. The molecule has 0 aliphatic rings. The van der Waals surface area contributed by atoms with Crippen molar-refractivity contribution in [2.75, 3.05) is 19.8 Å². The Morgan fingerprint density at radius 3 is 2.23 bits per heavy atom. The summed E-state index contributed by atoms with van der Waals surface area (Å²) in [6, 6.07) is 18.5. The molecule has 0 fully saturated rings. The maximum absolute atomic E-state index is 11.9. The van der Waals surface area contributed by atoms with Crippen LogP contribution in [0.1, 0.15) is 17.9 Å². The molecule has 4 aromatic rings. The average molecular weight is 348 g/mol. The SMILES string of the molecule is O=C(O)C(CCOCCO)c1ccc2ccc3cccc4ccc1c2c34. The van der Waals surface area contributed by atoms with E-state index in [1.807, 2.05) is 24.3 Å². The monoisotopic (exact) mass is 348 g/mol. The first-order chi connectivity index (χ1) is 12.7. The Morgan fingerprint density at radius 1 is 0.885 bits per heavy atom. The predicted molar refractivity (Wildman–Crippen MR) is 103 cm³/mol. The molecule has 26 heavy (non-hydrogen) atoms. The molecule has 132 valence electrons. The maximum Gasteiger partial charge on any atom is 0.311 e. The van der Waals surface area contributed by atoms with Gasteiger partial charge in [-0.15, -0.1) is 0 Å². The van der Waals surface area contributed by atoms with Crippen LogP contribution < -0.4 is 0 Å². The van der Waals surface area contributed by atoms with Crippen LogP contribution >= 0.6 is 0 Å². The first kappa shape index (κ1) is 16.8. The van der Waals surface area contributed by atoms with Crippen LogP contribution in [0.15, 0.2) is 54.6 Å². The molecule has 1 unspecified atom stereocenters. The van der Waals surface area contributed by atoms with Crippen LogP contribution in [0, 0.1) is 0 Å². The van der Waals surface area contributed by atoms with E-state index in [4.69, 9.17) is 9.84 Å². The van der Waals surface area contributed by atoms with E-state index < -0.39 is 11.9 Å². The lowest BCUT2D eigenvalue weighted by molar-refractivity contribution is -0.139. The number of hydrogen-bond acceptors (Lipinski definition) is 3. The molecule has 0 saturated carbocycles. The van der Waals surface area contributed by atoms with Gasteiger partial charge in [0.05, 0.1) is 19.1 Å². The summed E-state index contributed by atoms with van der Waals surface area (Å²) in [6.07, 6.45) is 0.374. The number of carboxylic acids is 1. The number of hydrogen-bond donors (Lipinski definition) is 2. The van der Waals surface area contributed by atoms with Gasteiger partial charge in [-0.25, -0.2) is 0 Å².